The number of carbonyl (C=O) groups excluding carboxylic acids is 2. The topological polar surface area (TPSA) is 46.6 Å². The normalized spacial score (nSPS) is 34.5. The third-order valence-corrected chi connectivity index (χ3v) is 3.08. The summed E-state index contributed by atoms with van der Waals surface area (Å²) in [4.78, 5) is 28.6. The second kappa shape index (κ2) is 3.31. The molecule has 0 aromatic rings. The van der Waals surface area contributed by atoms with Crippen molar-refractivity contribution < 1.29 is 14.4 Å². The van der Waals surface area contributed by atoms with Crippen molar-refractivity contribution in [3.05, 3.63) is 24.3 Å². The van der Waals surface area contributed by atoms with Gasteiger partial charge in [0.05, 0.1) is 7.11 Å². The van der Waals surface area contributed by atoms with Crippen molar-refractivity contribution in [3.63, 3.8) is 0 Å². The van der Waals surface area contributed by atoms with Crippen molar-refractivity contribution in [2.45, 2.75) is 18.9 Å². The van der Waals surface area contributed by atoms with Gasteiger partial charge in [0.15, 0.2) is 11.3 Å². The first kappa shape index (κ1) is 10.1. The number of rotatable bonds is 1. The molecule has 1 spiro atoms. The van der Waals surface area contributed by atoms with Crippen LogP contribution < -0.4 is 0 Å². The predicted molar refractivity (Wildman–Crippen MR) is 53.7 cm³/mol. The zero-order chi connectivity index (χ0) is 11.1. The van der Waals surface area contributed by atoms with Crippen LogP contribution in [0.15, 0.2) is 24.3 Å². The molecule has 2 rings (SSSR count). The molecule has 4 nitrogen and oxygen atoms in total. The van der Waals surface area contributed by atoms with Gasteiger partial charge in [0, 0.05) is 12.3 Å². The summed E-state index contributed by atoms with van der Waals surface area (Å²) in [6.45, 7) is 1.89. The smallest absolute Gasteiger partial charge is 0.247 e. The molecule has 0 N–H and O–H groups in total. The third-order valence-electron chi connectivity index (χ3n) is 3.08. The van der Waals surface area contributed by atoms with Gasteiger partial charge in [0.1, 0.15) is 0 Å². The number of nitrogens with zero attached hydrogens (tertiary/aromatic N) is 1. The Bertz CT molecular complexity index is 372. The SMILES string of the molecule is CON1C(=O)C[C@@H](C)[C@@]12C=CC=CC2=O. The Morgan fingerprint density at radius 2 is 2.20 bits per heavy atom. The highest BCUT2D eigenvalue weighted by atomic mass is 16.7. The Labute approximate surface area is 88.1 Å². The van der Waals surface area contributed by atoms with E-state index >= 15 is 0 Å². The molecular formula is C11H13NO3. The lowest BCUT2D eigenvalue weighted by Gasteiger charge is -2.35. The molecule has 1 amide bonds. The molecule has 1 aliphatic heterocycles. The molecule has 0 radical (unpaired) electrons. The maximum atomic E-state index is 11.9. The maximum Gasteiger partial charge on any atom is 0.247 e. The van der Waals surface area contributed by atoms with Crippen LogP contribution in [0.1, 0.15) is 13.3 Å². The quantitative estimate of drug-likeness (QED) is 0.640. The molecule has 1 fully saturated rings. The summed E-state index contributed by atoms with van der Waals surface area (Å²) in [5, 5.41) is 1.19. The first-order chi connectivity index (χ1) is 7.13. The van der Waals surface area contributed by atoms with E-state index in [-0.39, 0.29) is 17.6 Å². The van der Waals surface area contributed by atoms with E-state index in [1.54, 1.807) is 18.2 Å². The summed E-state index contributed by atoms with van der Waals surface area (Å²) < 4.78 is 0. The van der Waals surface area contributed by atoms with Crippen molar-refractivity contribution in [1.82, 2.24) is 5.06 Å². The van der Waals surface area contributed by atoms with Crippen molar-refractivity contribution in [2.75, 3.05) is 7.11 Å². The highest BCUT2D eigenvalue weighted by molar-refractivity contribution is 6.05. The predicted octanol–water partition coefficient (Wildman–Crippen LogP) is 0.850. The van der Waals surface area contributed by atoms with Crippen LogP contribution in [0.4, 0.5) is 0 Å². The molecule has 0 aromatic carbocycles. The molecule has 15 heavy (non-hydrogen) atoms. The van der Waals surface area contributed by atoms with Crippen LogP contribution >= 0.6 is 0 Å². The van der Waals surface area contributed by atoms with E-state index < -0.39 is 5.54 Å². The molecule has 2 aliphatic rings. The van der Waals surface area contributed by atoms with E-state index in [1.807, 2.05) is 6.92 Å². The minimum Gasteiger partial charge on any atom is -0.292 e. The minimum absolute atomic E-state index is 0.0568. The first-order valence-electron chi connectivity index (χ1n) is 4.90. The van der Waals surface area contributed by atoms with Crippen LogP contribution in [0.2, 0.25) is 0 Å². The Balaban J connectivity index is 2.48. The summed E-state index contributed by atoms with van der Waals surface area (Å²) in [5.74, 6) is -0.290. The number of carbonyl (C=O) groups is 2. The van der Waals surface area contributed by atoms with Gasteiger partial charge in [-0.15, -0.1) is 0 Å². The lowest BCUT2D eigenvalue weighted by molar-refractivity contribution is -0.191. The van der Waals surface area contributed by atoms with Gasteiger partial charge < -0.3 is 0 Å². The molecule has 4 heteroatoms. The number of hydrogen-bond acceptors (Lipinski definition) is 3. The summed E-state index contributed by atoms with van der Waals surface area (Å²) >= 11 is 0. The Morgan fingerprint density at radius 1 is 1.47 bits per heavy atom. The number of hydrogen-bond donors (Lipinski definition) is 0. The summed E-state index contributed by atoms with van der Waals surface area (Å²) in [7, 11) is 1.41. The summed E-state index contributed by atoms with van der Waals surface area (Å²) in [6, 6.07) is 0. The second-order valence-electron chi connectivity index (χ2n) is 3.88. The highest BCUT2D eigenvalue weighted by Crippen LogP contribution is 2.39. The van der Waals surface area contributed by atoms with E-state index in [9.17, 15) is 9.59 Å². The third kappa shape index (κ3) is 1.18. The van der Waals surface area contributed by atoms with Gasteiger partial charge in [0.2, 0.25) is 5.91 Å². The van der Waals surface area contributed by atoms with Crippen molar-refractivity contribution >= 4 is 11.7 Å². The van der Waals surface area contributed by atoms with Gasteiger partial charge >= 0.3 is 0 Å². The molecule has 1 heterocycles. The van der Waals surface area contributed by atoms with E-state index in [0.29, 0.717) is 6.42 Å². The number of amides is 1. The fourth-order valence-corrected chi connectivity index (χ4v) is 2.30. The van der Waals surface area contributed by atoms with Crippen molar-refractivity contribution in [3.8, 4) is 0 Å². The lowest BCUT2D eigenvalue weighted by Crippen LogP contribution is -2.52. The summed E-state index contributed by atoms with van der Waals surface area (Å²) in [6.07, 6.45) is 7.03. The van der Waals surface area contributed by atoms with E-state index in [0.717, 1.165) is 0 Å². The summed E-state index contributed by atoms with van der Waals surface area (Å²) in [5.41, 5.74) is -0.916. The van der Waals surface area contributed by atoms with Crippen LogP contribution in [0.25, 0.3) is 0 Å². The van der Waals surface area contributed by atoms with Crippen LogP contribution in [-0.2, 0) is 14.4 Å². The Kier molecular flexibility index (Phi) is 2.23. The fourth-order valence-electron chi connectivity index (χ4n) is 2.30. The highest BCUT2D eigenvalue weighted by Gasteiger charge is 2.54. The van der Waals surface area contributed by atoms with Crippen molar-refractivity contribution in [2.24, 2.45) is 5.92 Å². The molecule has 1 saturated heterocycles. The van der Waals surface area contributed by atoms with Gasteiger partial charge in [0.25, 0.3) is 0 Å². The fraction of sp³-hybridized carbons (Fsp3) is 0.455. The zero-order valence-electron chi connectivity index (χ0n) is 8.77. The number of hydroxylamine groups is 2. The molecule has 0 saturated carbocycles. The largest absolute Gasteiger partial charge is 0.292 e. The molecule has 80 valence electrons. The van der Waals surface area contributed by atoms with Crippen LogP contribution in [0.3, 0.4) is 0 Å². The van der Waals surface area contributed by atoms with Gasteiger partial charge in [-0.2, -0.15) is 0 Å². The van der Waals surface area contributed by atoms with Crippen molar-refractivity contribution in [1.29, 1.82) is 0 Å². The average Bonchev–Trinajstić information content (AvgIpc) is 2.44. The molecular weight excluding hydrogens is 194 g/mol. The first-order valence-corrected chi connectivity index (χ1v) is 4.90. The molecule has 0 bridgehead atoms. The Morgan fingerprint density at radius 3 is 2.80 bits per heavy atom. The van der Waals surface area contributed by atoms with Gasteiger partial charge in [-0.05, 0) is 12.2 Å². The van der Waals surface area contributed by atoms with Crippen LogP contribution in [0.5, 0.6) is 0 Å². The average molecular weight is 207 g/mol. The van der Waals surface area contributed by atoms with Gasteiger partial charge in [-0.25, -0.2) is 5.06 Å². The standard InChI is InChI=1S/C11H13NO3/c1-8-7-10(14)12(15-2)11(8)6-4-3-5-9(11)13/h3-6,8H,7H2,1-2H3/t8-,11-/m1/s1. The number of allylic oxidation sites excluding steroid dienone is 2. The molecule has 0 aromatic heterocycles. The van der Waals surface area contributed by atoms with E-state index in [1.165, 1.54) is 18.2 Å². The monoisotopic (exact) mass is 207 g/mol. The second-order valence-corrected chi connectivity index (χ2v) is 3.88. The lowest BCUT2D eigenvalue weighted by atomic mass is 9.80. The Hall–Kier alpha value is -1.42. The van der Waals surface area contributed by atoms with E-state index in [4.69, 9.17) is 4.84 Å². The minimum atomic E-state index is -0.916. The van der Waals surface area contributed by atoms with Crippen LogP contribution in [0, 0.1) is 5.92 Å². The van der Waals surface area contributed by atoms with Gasteiger partial charge in [-0.3, -0.25) is 14.4 Å². The van der Waals surface area contributed by atoms with E-state index in [2.05, 4.69) is 0 Å². The number of ketones is 1. The molecule has 0 unspecified atom stereocenters. The maximum absolute atomic E-state index is 11.9. The van der Waals surface area contributed by atoms with Gasteiger partial charge in [-0.1, -0.05) is 19.1 Å². The molecule has 2 atom stereocenters. The van der Waals surface area contributed by atoms with Crippen LogP contribution in [-0.4, -0.2) is 29.4 Å². The zero-order valence-corrected chi connectivity index (χ0v) is 8.77. The molecule has 1 aliphatic carbocycles.